The Morgan fingerprint density at radius 3 is 2.67 bits per heavy atom. The number of hydrogen-bond acceptors (Lipinski definition) is 6. The van der Waals surface area contributed by atoms with Crippen molar-refractivity contribution in [2.24, 2.45) is 11.7 Å². The molecule has 158 valence electrons. The number of para-hydroxylation sites is 1. The predicted molar refractivity (Wildman–Crippen MR) is 120 cm³/mol. The van der Waals surface area contributed by atoms with Crippen LogP contribution in [0.5, 0.6) is 5.75 Å². The first-order chi connectivity index (χ1) is 14.3. The van der Waals surface area contributed by atoms with Crippen LogP contribution in [0.25, 0.3) is 11.0 Å². The third-order valence-electron chi connectivity index (χ3n) is 5.38. The van der Waals surface area contributed by atoms with Crippen LogP contribution in [-0.2, 0) is 4.79 Å². The van der Waals surface area contributed by atoms with Gasteiger partial charge in [0.1, 0.15) is 11.3 Å². The van der Waals surface area contributed by atoms with Gasteiger partial charge in [0.25, 0.3) is 0 Å². The highest BCUT2D eigenvalue weighted by Crippen LogP contribution is 2.34. The van der Waals surface area contributed by atoms with Crippen LogP contribution >= 0.6 is 0 Å². The van der Waals surface area contributed by atoms with E-state index in [1.807, 2.05) is 50.1 Å². The van der Waals surface area contributed by atoms with Crippen molar-refractivity contribution in [1.82, 2.24) is 0 Å². The minimum Gasteiger partial charge on any atom is -0.495 e. The molecule has 0 spiro atoms. The molecule has 1 aromatic heterocycles. The molecule has 1 amide bonds. The number of anilines is 3. The van der Waals surface area contributed by atoms with Crippen molar-refractivity contribution in [3.8, 4) is 5.75 Å². The van der Waals surface area contributed by atoms with Crippen LogP contribution in [0.1, 0.15) is 20.3 Å². The number of hydrogen-bond donors (Lipinski definition) is 2. The molecule has 0 radical (unpaired) electrons. The maximum absolute atomic E-state index is 12.6. The van der Waals surface area contributed by atoms with Gasteiger partial charge in [0.05, 0.1) is 24.5 Å². The summed E-state index contributed by atoms with van der Waals surface area (Å²) in [6.07, 6.45) is 0.804. The zero-order valence-electron chi connectivity index (χ0n) is 17.6. The molecule has 2 atom stereocenters. The summed E-state index contributed by atoms with van der Waals surface area (Å²) in [5.41, 5.74) is 8.11. The van der Waals surface area contributed by atoms with E-state index < -0.39 is 11.7 Å². The third kappa shape index (κ3) is 4.31. The average Bonchev–Trinajstić information content (AvgIpc) is 2.76. The quantitative estimate of drug-likeness (QED) is 0.575. The van der Waals surface area contributed by atoms with Crippen LogP contribution in [0.15, 0.2) is 57.7 Å². The molecule has 0 unspecified atom stereocenters. The number of fused-ring (bicyclic) bond motifs is 1. The van der Waals surface area contributed by atoms with Crippen LogP contribution in [0.2, 0.25) is 0 Å². The van der Waals surface area contributed by atoms with Crippen molar-refractivity contribution in [2.45, 2.75) is 26.3 Å². The molecule has 3 rings (SSSR count). The number of benzene rings is 2. The fraction of sp³-hybridized carbons (Fsp3) is 0.304. The van der Waals surface area contributed by atoms with Gasteiger partial charge >= 0.3 is 5.63 Å². The molecule has 0 aliphatic heterocycles. The van der Waals surface area contributed by atoms with E-state index in [-0.39, 0.29) is 11.8 Å². The summed E-state index contributed by atoms with van der Waals surface area (Å²) in [5.74, 6) is 0.305. The fourth-order valence-corrected chi connectivity index (χ4v) is 3.24. The highest BCUT2D eigenvalue weighted by atomic mass is 16.5. The zero-order valence-corrected chi connectivity index (χ0v) is 17.6. The van der Waals surface area contributed by atoms with Crippen LogP contribution in [-0.4, -0.2) is 26.1 Å². The van der Waals surface area contributed by atoms with Crippen molar-refractivity contribution >= 4 is 33.9 Å². The van der Waals surface area contributed by atoms with Gasteiger partial charge < -0.3 is 25.1 Å². The number of nitrogens with one attached hydrogen (secondary N) is 1. The van der Waals surface area contributed by atoms with Crippen LogP contribution in [0.3, 0.4) is 0 Å². The number of nitrogens with zero attached hydrogens (tertiary/aromatic N) is 1. The summed E-state index contributed by atoms with van der Waals surface area (Å²) in [4.78, 5) is 26.5. The Morgan fingerprint density at radius 1 is 1.23 bits per heavy atom. The monoisotopic (exact) mass is 409 g/mol. The molecule has 2 aromatic carbocycles. The van der Waals surface area contributed by atoms with Crippen molar-refractivity contribution < 1.29 is 13.9 Å². The van der Waals surface area contributed by atoms with E-state index >= 15 is 0 Å². The Labute approximate surface area is 175 Å². The van der Waals surface area contributed by atoms with E-state index in [9.17, 15) is 9.59 Å². The first-order valence-electron chi connectivity index (χ1n) is 9.86. The van der Waals surface area contributed by atoms with Crippen LogP contribution in [0, 0.1) is 5.92 Å². The molecule has 7 nitrogen and oxygen atoms in total. The first kappa shape index (κ1) is 21.4. The van der Waals surface area contributed by atoms with Gasteiger partial charge in [-0.1, -0.05) is 32.4 Å². The van der Waals surface area contributed by atoms with Crippen molar-refractivity contribution in [2.75, 3.05) is 24.4 Å². The summed E-state index contributed by atoms with van der Waals surface area (Å²) >= 11 is 0. The topological polar surface area (TPSA) is 97.8 Å². The molecule has 3 aromatic rings. The number of carbonyl (C=O) groups is 1. The second kappa shape index (κ2) is 9.00. The number of rotatable bonds is 7. The standard InChI is InChI=1S/C23H27N3O4/c1-5-14(2)22(24)23(28)25-17-12-15(10-11-20(17)29-4)26(3)18-13-21(27)30-19-9-7-6-8-16(18)19/h6-14,22H,5,24H2,1-4H3,(H,25,28)/t14-,22-/m0/s1. The highest BCUT2D eigenvalue weighted by Gasteiger charge is 2.21. The van der Waals surface area contributed by atoms with Crippen molar-refractivity contribution in [3.63, 3.8) is 0 Å². The van der Waals surface area contributed by atoms with Crippen molar-refractivity contribution in [3.05, 3.63) is 59.0 Å². The van der Waals surface area contributed by atoms with Crippen LogP contribution in [0.4, 0.5) is 17.1 Å². The van der Waals surface area contributed by atoms with Gasteiger partial charge in [0, 0.05) is 24.2 Å². The summed E-state index contributed by atoms with van der Waals surface area (Å²) in [6, 6.07) is 13.6. The van der Waals surface area contributed by atoms with Gasteiger partial charge in [-0.25, -0.2) is 4.79 Å². The number of ether oxygens (including phenoxy) is 1. The molecular weight excluding hydrogens is 382 g/mol. The minimum atomic E-state index is -0.621. The van der Waals surface area contributed by atoms with Gasteiger partial charge in [-0.15, -0.1) is 0 Å². The molecule has 0 aliphatic rings. The number of carbonyl (C=O) groups excluding carboxylic acids is 1. The summed E-state index contributed by atoms with van der Waals surface area (Å²) in [7, 11) is 3.39. The molecule has 0 aliphatic carbocycles. The Balaban J connectivity index is 1.99. The van der Waals surface area contributed by atoms with E-state index in [1.54, 1.807) is 25.3 Å². The molecule has 7 heteroatoms. The molecule has 0 saturated heterocycles. The van der Waals surface area contributed by atoms with E-state index in [2.05, 4.69) is 5.32 Å². The number of amides is 1. The lowest BCUT2D eigenvalue weighted by atomic mass is 9.99. The van der Waals surface area contributed by atoms with E-state index in [1.165, 1.54) is 6.07 Å². The summed E-state index contributed by atoms with van der Waals surface area (Å²) < 4.78 is 10.7. The first-order valence-corrected chi connectivity index (χ1v) is 9.86. The zero-order chi connectivity index (χ0) is 21.8. The van der Waals surface area contributed by atoms with Gasteiger partial charge in [-0.3, -0.25) is 4.79 Å². The summed E-state index contributed by atoms with van der Waals surface area (Å²) in [6.45, 7) is 3.94. The molecule has 1 heterocycles. The van der Waals surface area contributed by atoms with Gasteiger partial charge in [0.2, 0.25) is 5.91 Å². The van der Waals surface area contributed by atoms with E-state index in [0.29, 0.717) is 22.7 Å². The number of nitrogens with two attached hydrogens (primary N) is 1. The van der Waals surface area contributed by atoms with Crippen LogP contribution < -0.4 is 26.3 Å². The Kier molecular flexibility index (Phi) is 6.42. The summed E-state index contributed by atoms with van der Waals surface area (Å²) in [5, 5.41) is 3.68. The Hall–Kier alpha value is -3.32. The molecule has 0 saturated carbocycles. The molecule has 0 bridgehead atoms. The van der Waals surface area contributed by atoms with Gasteiger partial charge in [0.15, 0.2) is 0 Å². The van der Waals surface area contributed by atoms with E-state index in [0.717, 1.165) is 17.5 Å². The number of methoxy groups -OCH3 is 1. The lowest BCUT2D eigenvalue weighted by Crippen LogP contribution is -2.40. The maximum Gasteiger partial charge on any atom is 0.338 e. The van der Waals surface area contributed by atoms with Gasteiger partial charge in [-0.05, 0) is 36.2 Å². The third-order valence-corrected chi connectivity index (χ3v) is 5.38. The van der Waals surface area contributed by atoms with E-state index in [4.69, 9.17) is 14.9 Å². The van der Waals surface area contributed by atoms with Crippen molar-refractivity contribution in [1.29, 1.82) is 0 Å². The second-order valence-corrected chi connectivity index (χ2v) is 7.29. The SMILES string of the molecule is CC[C@H](C)[C@H](N)C(=O)Nc1cc(N(C)c2cc(=O)oc3ccccc23)ccc1OC. The lowest BCUT2D eigenvalue weighted by Gasteiger charge is -2.23. The molecule has 3 N–H and O–H groups in total. The fourth-order valence-electron chi connectivity index (χ4n) is 3.24. The maximum atomic E-state index is 12.6. The molecule has 30 heavy (non-hydrogen) atoms. The Morgan fingerprint density at radius 2 is 1.97 bits per heavy atom. The highest BCUT2D eigenvalue weighted by molar-refractivity contribution is 5.97. The minimum absolute atomic E-state index is 0.0526. The lowest BCUT2D eigenvalue weighted by molar-refractivity contribution is -0.118. The second-order valence-electron chi connectivity index (χ2n) is 7.29. The molecule has 0 fully saturated rings. The van der Waals surface area contributed by atoms with Gasteiger partial charge in [-0.2, -0.15) is 0 Å². The Bertz CT molecular complexity index is 1110. The average molecular weight is 409 g/mol. The largest absolute Gasteiger partial charge is 0.495 e. The normalized spacial score (nSPS) is 13.0. The molecular formula is C23H27N3O4. The smallest absolute Gasteiger partial charge is 0.338 e. The predicted octanol–water partition coefficient (Wildman–Crippen LogP) is 3.88.